The summed E-state index contributed by atoms with van der Waals surface area (Å²) in [5.41, 5.74) is 24.3. The van der Waals surface area contributed by atoms with Gasteiger partial charge in [0.15, 0.2) is 0 Å². The van der Waals surface area contributed by atoms with Crippen molar-refractivity contribution >= 4 is 38.8 Å². The Bertz CT molecular complexity index is 4000. The predicted molar refractivity (Wildman–Crippen MR) is 316 cm³/mol. The summed E-state index contributed by atoms with van der Waals surface area (Å²) < 4.78 is 2.45. The van der Waals surface area contributed by atoms with Gasteiger partial charge in [0.2, 0.25) is 0 Å². The van der Waals surface area contributed by atoms with E-state index < -0.39 is 0 Å². The lowest BCUT2D eigenvalue weighted by molar-refractivity contribution is 0.696. The summed E-state index contributed by atoms with van der Waals surface area (Å²) in [6.07, 6.45) is 15.9. The topological polar surface area (TPSA) is 8.17 Å². The molecule has 0 atom stereocenters. The molecule has 0 amide bonds. The van der Waals surface area contributed by atoms with E-state index in [0.717, 1.165) is 42.7 Å². The number of aromatic nitrogens is 1. The molecular weight excluding hydrogens is 905 g/mol. The van der Waals surface area contributed by atoms with Gasteiger partial charge in [-0.25, -0.2) is 0 Å². The van der Waals surface area contributed by atoms with Gasteiger partial charge >= 0.3 is 0 Å². The highest BCUT2D eigenvalue weighted by Crippen LogP contribution is 2.58. The van der Waals surface area contributed by atoms with E-state index in [1.165, 1.54) is 105 Å². The molecule has 3 aliphatic rings. The Morgan fingerprint density at radius 3 is 1.71 bits per heavy atom. The van der Waals surface area contributed by atoms with E-state index in [-0.39, 0.29) is 5.41 Å². The van der Waals surface area contributed by atoms with Gasteiger partial charge in [0.05, 0.1) is 22.1 Å². The summed E-state index contributed by atoms with van der Waals surface area (Å²) in [6.45, 7) is 0. The lowest BCUT2D eigenvalue weighted by atomic mass is 9.65. The molecule has 0 fully saturated rings. The van der Waals surface area contributed by atoms with Crippen molar-refractivity contribution in [3.8, 4) is 50.2 Å². The highest BCUT2D eigenvalue weighted by Gasteiger charge is 2.47. The normalized spacial score (nSPS) is 14.5. The number of para-hydroxylation sites is 2. The second kappa shape index (κ2) is 18.7. The quantitative estimate of drug-likeness (QED) is 0.133. The van der Waals surface area contributed by atoms with Crippen molar-refractivity contribution in [2.75, 3.05) is 4.90 Å². The molecule has 356 valence electrons. The van der Waals surface area contributed by atoms with Gasteiger partial charge in [-0.05, 0) is 165 Å². The predicted octanol–water partition coefficient (Wildman–Crippen LogP) is 19.3. The maximum absolute atomic E-state index is 2.51. The minimum absolute atomic E-state index is 0.374. The Morgan fingerprint density at radius 2 is 0.987 bits per heavy atom. The minimum atomic E-state index is -0.374. The summed E-state index contributed by atoms with van der Waals surface area (Å²) in [7, 11) is 0. The molecule has 2 heteroatoms. The summed E-state index contributed by atoms with van der Waals surface area (Å²) in [5, 5.41) is 2.46. The smallest absolute Gasteiger partial charge is 0.0676 e. The third-order valence-electron chi connectivity index (χ3n) is 15.9. The average molecular weight is 959 g/mol. The van der Waals surface area contributed by atoms with Crippen molar-refractivity contribution in [2.24, 2.45) is 0 Å². The van der Waals surface area contributed by atoms with Gasteiger partial charge in [0.25, 0.3) is 0 Å². The summed E-state index contributed by atoms with van der Waals surface area (Å²) in [6, 6.07) is 92.2. The zero-order valence-corrected chi connectivity index (χ0v) is 41.8. The monoisotopic (exact) mass is 958 g/mol. The molecule has 0 unspecified atom stereocenters. The van der Waals surface area contributed by atoms with Gasteiger partial charge < -0.3 is 9.47 Å². The van der Waals surface area contributed by atoms with Gasteiger partial charge in [0, 0.05) is 33.4 Å². The molecule has 0 saturated heterocycles. The Hall–Kier alpha value is -9.24. The Labute approximate surface area is 439 Å². The number of rotatable bonds is 10. The molecule has 3 aliphatic carbocycles. The van der Waals surface area contributed by atoms with E-state index in [9.17, 15) is 0 Å². The first-order valence-electron chi connectivity index (χ1n) is 26.5. The van der Waals surface area contributed by atoms with Crippen LogP contribution in [0.2, 0.25) is 0 Å². The van der Waals surface area contributed by atoms with Crippen LogP contribution in [-0.2, 0) is 5.41 Å². The van der Waals surface area contributed by atoms with Gasteiger partial charge in [-0.2, -0.15) is 0 Å². The average Bonchev–Trinajstić information content (AvgIpc) is 4.08. The van der Waals surface area contributed by atoms with Crippen LogP contribution >= 0.6 is 0 Å². The Kier molecular flexibility index (Phi) is 11.1. The molecule has 1 aromatic heterocycles. The molecule has 1 heterocycles. The molecule has 0 radical (unpaired) electrons. The maximum atomic E-state index is 2.51. The lowest BCUT2D eigenvalue weighted by Gasteiger charge is -2.36. The molecule has 0 bridgehead atoms. The van der Waals surface area contributed by atoms with Crippen LogP contribution < -0.4 is 4.90 Å². The zero-order chi connectivity index (χ0) is 49.7. The Morgan fingerprint density at radius 1 is 0.387 bits per heavy atom. The zero-order valence-electron chi connectivity index (χ0n) is 41.8. The van der Waals surface area contributed by atoms with Crippen molar-refractivity contribution in [1.82, 2.24) is 4.57 Å². The largest absolute Gasteiger partial charge is 0.310 e. The van der Waals surface area contributed by atoms with Crippen LogP contribution in [-0.4, -0.2) is 4.57 Å². The second-order valence-corrected chi connectivity index (χ2v) is 20.2. The summed E-state index contributed by atoms with van der Waals surface area (Å²) >= 11 is 0. The maximum Gasteiger partial charge on any atom is 0.0676 e. The van der Waals surface area contributed by atoms with Crippen molar-refractivity contribution in [1.29, 1.82) is 0 Å². The van der Waals surface area contributed by atoms with Crippen LogP contribution in [0.1, 0.15) is 47.9 Å². The van der Waals surface area contributed by atoms with E-state index in [2.05, 4.69) is 289 Å². The third-order valence-corrected chi connectivity index (χ3v) is 15.9. The summed E-state index contributed by atoms with van der Waals surface area (Å²) in [4.78, 5) is 2.51. The van der Waals surface area contributed by atoms with Crippen molar-refractivity contribution in [2.45, 2.75) is 31.1 Å². The molecule has 2 nitrogen and oxygen atoms in total. The fraction of sp³-hybridized carbons (Fsp3) is 0.0685. The van der Waals surface area contributed by atoms with E-state index >= 15 is 0 Å². The van der Waals surface area contributed by atoms with Gasteiger partial charge in [-0.1, -0.05) is 212 Å². The highest BCUT2D eigenvalue weighted by atomic mass is 15.1. The molecule has 0 spiro atoms. The molecular formula is C73H54N2. The van der Waals surface area contributed by atoms with Gasteiger partial charge in [0.1, 0.15) is 0 Å². The lowest BCUT2D eigenvalue weighted by Crippen LogP contribution is -2.30. The first-order valence-corrected chi connectivity index (χ1v) is 26.5. The minimum Gasteiger partial charge on any atom is -0.310 e. The fourth-order valence-corrected chi connectivity index (χ4v) is 12.6. The third kappa shape index (κ3) is 7.55. The van der Waals surface area contributed by atoms with Crippen molar-refractivity contribution in [3.63, 3.8) is 0 Å². The van der Waals surface area contributed by atoms with Gasteiger partial charge in [-0.3, -0.25) is 0 Å². The first kappa shape index (κ1) is 44.5. The number of benzene rings is 10. The second-order valence-electron chi connectivity index (χ2n) is 20.2. The number of hydrogen-bond acceptors (Lipinski definition) is 1. The highest BCUT2D eigenvalue weighted by molar-refractivity contribution is 6.11. The van der Waals surface area contributed by atoms with Crippen LogP contribution in [0.15, 0.2) is 290 Å². The van der Waals surface area contributed by atoms with E-state index in [1.54, 1.807) is 0 Å². The molecule has 10 aromatic carbocycles. The van der Waals surface area contributed by atoms with Crippen molar-refractivity contribution < 1.29 is 0 Å². The first-order chi connectivity index (χ1) is 37.2. The molecule has 11 aromatic rings. The van der Waals surface area contributed by atoms with Crippen LogP contribution in [0.4, 0.5) is 11.4 Å². The van der Waals surface area contributed by atoms with Crippen molar-refractivity contribution in [3.05, 3.63) is 313 Å². The van der Waals surface area contributed by atoms with E-state index in [4.69, 9.17) is 0 Å². The van der Waals surface area contributed by atoms with Crippen LogP contribution in [0.3, 0.4) is 0 Å². The van der Waals surface area contributed by atoms with Gasteiger partial charge in [-0.15, -0.1) is 0 Å². The van der Waals surface area contributed by atoms with Crippen LogP contribution in [0, 0.1) is 0 Å². The van der Waals surface area contributed by atoms with E-state index in [1.807, 2.05) is 0 Å². The number of anilines is 2. The standard InChI is InChI=1S/C73H54N2/c1-6-23-51(24-7-1)56-46-57(52-25-8-2-9-26-52)48-62(47-56)75-71-40-21-18-37-65(71)67-49-54(41-44-72(67)75)53-27-22-28-55(45-53)63-35-17-20-39-70(63)74(60-33-14-5-15-34-60)61-42-43-69-66(50-61)64-36-16-19-38-68(64)73(69,58-29-10-3-11-30-58)59-31-12-4-13-32-59/h1-4,6-14,16-18,20-37,39-50H,5,15,19,38H2. The van der Waals surface area contributed by atoms with E-state index in [0.29, 0.717) is 0 Å². The molecule has 75 heavy (non-hydrogen) atoms. The number of fused-ring (bicyclic) bond motifs is 5. The molecule has 0 saturated carbocycles. The number of nitrogens with zero attached hydrogens (tertiary/aromatic N) is 2. The molecule has 14 rings (SSSR count). The number of allylic oxidation sites excluding steroid dienone is 7. The van der Waals surface area contributed by atoms with Crippen LogP contribution in [0.5, 0.6) is 0 Å². The number of hydrogen-bond donors (Lipinski definition) is 0. The Balaban J connectivity index is 0.887. The fourth-order valence-electron chi connectivity index (χ4n) is 12.6. The van der Waals surface area contributed by atoms with Crippen LogP contribution in [0.25, 0.3) is 77.6 Å². The summed E-state index contributed by atoms with van der Waals surface area (Å²) in [5.74, 6) is 0. The SMILES string of the molecule is C1=CC(N(c2ccc3c(c2)C2=C(CCC=C2)C3(c2ccccc2)c2ccccc2)c2ccccc2-c2cccc(-c3ccc4c(c3)c3ccccc3n4-c3cc(-c4ccccc4)cc(-c4ccccc4)c3)c2)=CCC1. The molecule has 0 aliphatic heterocycles. The molecule has 0 N–H and O–H groups in total.